The maximum absolute atomic E-state index is 14.2. The van der Waals surface area contributed by atoms with E-state index in [2.05, 4.69) is 21.2 Å². The van der Waals surface area contributed by atoms with Gasteiger partial charge in [0.05, 0.1) is 0 Å². The molecule has 0 saturated carbocycles. The lowest BCUT2D eigenvalue weighted by Crippen LogP contribution is -2.19. The summed E-state index contributed by atoms with van der Waals surface area (Å²) in [6, 6.07) is 13.2. The predicted octanol–water partition coefficient (Wildman–Crippen LogP) is 5.41. The van der Waals surface area contributed by atoms with E-state index in [0.717, 1.165) is 26.4 Å². The van der Waals surface area contributed by atoms with Crippen LogP contribution in [0.3, 0.4) is 0 Å². The van der Waals surface area contributed by atoms with Crippen molar-refractivity contribution >= 4 is 27.7 Å². The Morgan fingerprint density at radius 2 is 1.85 bits per heavy atom. The molecule has 0 aliphatic carbocycles. The SMILES string of the molecule is CCNC(C)c1c(F)cccc1Sc1ccccc1Br. The molecule has 0 spiro atoms. The molecule has 1 atom stereocenters. The summed E-state index contributed by atoms with van der Waals surface area (Å²) < 4.78 is 15.2. The molecule has 2 aromatic rings. The number of hydrogen-bond acceptors (Lipinski definition) is 2. The van der Waals surface area contributed by atoms with E-state index in [1.165, 1.54) is 6.07 Å². The van der Waals surface area contributed by atoms with E-state index < -0.39 is 0 Å². The van der Waals surface area contributed by atoms with Gasteiger partial charge in [0.1, 0.15) is 5.82 Å². The van der Waals surface area contributed by atoms with Gasteiger partial charge < -0.3 is 5.32 Å². The molecule has 2 aromatic carbocycles. The van der Waals surface area contributed by atoms with Crippen molar-refractivity contribution in [1.82, 2.24) is 5.32 Å². The minimum Gasteiger partial charge on any atom is -0.310 e. The summed E-state index contributed by atoms with van der Waals surface area (Å²) in [6.45, 7) is 4.83. The van der Waals surface area contributed by atoms with Crippen molar-refractivity contribution in [3.63, 3.8) is 0 Å². The van der Waals surface area contributed by atoms with Crippen molar-refractivity contribution in [2.24, 2.45) is 0 Å². The highest BCUT2D eigenvalue weighted by Crippen LogP contribution is 2.37. The Morgan fingerprint density at radius 1 is 1.15 bits per heavy atom. The average Bonchev–Trinajstić information content (AvgIpc) is 2.42. The van der Waals surface area contributed by atoms with Crippen molar-refractivity contribution in [2.75, 3.05) is 6.54 Å². The minimum absolute atomic E-state index is 0.00816. The number of nitrogens with one attached hydrogen (secondary N) is 1. The molecule has 20 heavy (non-hydrogen) atoms. The molecule has 1 nitrogen and oxygen atoms in total. The first kappa shape index (κ1) is 15.5. The van der Waals surface area contributed by atoms with Crippen LogP contribution in [0.4, 0.5) is 4.39 Å². The molecule has 106 valence electrons. The summed E-state index contributed by atoms with van der Waals surface area (Å²) in [4.78, 5) is 2.04. The number of hydrogen-bond donors (Lipinski definition) is 1. The standard InChI is InChI=1S/C16H17BrFNS/c1-3-19-11(2)16-13(18)8-6-10-15(16)20-14-9-5-4-7-12(14)17/h4-11,19H,3H2,1-2H3. The molecule has 0 aliphatic rings. The van der Waals surface area contributed by atoms with Gasteiger partial charge in [0.15, 0.2) is 0 Å². The highest BCUT2D eigenvalue weighted by molar-refractivity contribution is 9.10. The molecule has 0 aromatic heterocycles. The van der Waals surface area contributed by atoms with Gasteiger partial charge in [0, 0.05) is 25.9 Å². The van der Waals surface area contributed by atoms with Crippen LogP contribution in [0.25, 0.3) is 0 Å². The number of rotatable bonds is 5. The Hall–Kier alpha value is -0.840. The Morgan fingerprint density at radius 3 is 2.55 bits per heavy atom. The van der Waals surface area contributed by atoms with Gasteiger partial charge in [-0.05, 0) is 53.7 Å². The summed E-state index contributed by atoms with van der Waals surface area (Å²) in [5.74, 6) is -0.157. The summed E-state index contributed by atoms with van der Waals surface area (Å²) in [5, 5.41) is 3.28. The number of benzene rings is 2. The fourth-order valence-corrected chi connectivity index (χ4v) is 3.69. The monoisotopic (exact) mass is 353 g/mol. The van der Waals surface area contributed by atoms with Crippen LogP contribution in [-0.4, -0.2) is 6.54 Å². The Labute approximate surface area is 132 Å². The fourth-order valence-electron chi connectivity index (χ4n) is 2.08. The quantitative estimate of drug-likeness (QED) is 0.771. The minimum atomic E-state index is -0.157. The van der Waals surface area contributed by atoms with Crippen LogP contribution in [0.2, 0.25) is 0 Å². The van der Waals surface area contributed by atoms with Crippen LogP contribution in [0.1, 0.15) is 25.5 Å². The lowest BCUT2D eigenvalue weighted by Gasteiger charge is -2.18. The average molecular weight is 354 g/mol. The van der Waals surface area contributed by atoms with Crippen molar-refractivity contribution in [3.05, 3.63) is 58.3 Å². The maximum atomic E-state index is 14.2. The molecule has 0 amide bonds. The zero-order valence-electron chi connectivity index (χ0n) is 11.5. The second-order valence-corrected chi connectivity index (χ2v) is 6.40. The molecular formula is C16H17BrFNS. The van der Waals surface area contributed by atoms with Crippen LogP contribution >= 0.6 is 27.7 Å². The third-order valence-corrected chi connectivity index (χ3v) is 5.12. The van der Waals surface area contributed by atoms with Crippen molar-refractivity contribution < 1.29 is 4.39 Å². The van der Waals surface area contributed by atoms with E-state index in [-0.39, 0.29) is 11.9 Å². The summed E-state index contributed by atoms with van der Waals surface area (Å²) in [7, 11) is 0. The lowest BCUT2D eigenvalue weighted by molar-refractivity contribution is 0.531. The van der Waals surface area contributed by atoms with Gasteiger partial charge in [-0.1, -0.05) is 36.9 Å². The van der Waals surface area contributed by atoms with Gasteiger partial charge in [-0.25, -0.2) is 4.39 Å². The fraction of sp³-hybridized carbons (Fsp3) is 0.250. The van der Waals surface area contributed by atoms with Crippen molar-refractivity contribution in [1.29, 1.82) is 0 Å². The van der Waals surface area contributed by atoms with E-state index in [1.54, 1.807) is 17.8 Å². The topological polar surface area (TPSA) is 12.0 Å². The first-order valence-corrected chi connectivity index (χ1v) is 8.18. The Kier molecular flexibility index (Phi) is 5.64. The molecule has 0 radical (unpaired) electrons. The van der Waals surface area contributed by atoms with E-state index in [1.807, 2.05) is 44.2 Å². The van der Waals surface area contributed by atoms with Crippen LogP contribution in [0, 0.1) is 5.82 Å². The van der Waals surface area contributed by atoms with Gasteiger partial charge in [-0.3, -0.25) is 0 Å². The summed E-state index contributed by atoms with van der Waals surface area (Å²) in [5.41, 5.74) is 0.732. The zero-order valence-corrected chi connectivity index (χ0v) is 13.9. The van der Waals surface area contributed by atoms with Crippen molar-refractivity contribution in [3.8, 4) is 0 Å². The first-order chi connectivity index (χ1) is 9.63. The molecule has 0 fully saturated rings. The zero-order chi connectivity index (χ0) is 14.5. The molecule has 0 aliphatic heterocycles. The third kappa shape index (κ3) is 3.62. The normalized spacial score (nSPS) is 12.4. The predicted molar refractivity (Wildman–Crippen MR) is 86.8 cm³/mol. The second kappa shape index (κ2) is 7.25. The first-order valence-electron chi connectivity index (χ1n) is 6.57. The highest BCUT2D eigenvalue weighted by Gasteiger charge is 2.16. The van der Waals surface area contributed by atoms with E-state index in [9.17, 15) is 4.39 Å². The van der Waals surface area contributed by atoms with Gasteiger partial charge in [0.25, 0.3) is 0 Å². The van der Waals surface area contributed by atoms with Crippen molar-refractivity contribution in [2.45, 2.75) is 29.7 Å². The molecule has 0 bridgehead atoms. The maximum Gasteiger partial charge on any atom is 0.129 e. The second-order valence-electron chi connectivity index (χ2n) is 4.46. The third-order valence-electron chi connectivity index (χ3n) is 3.01. The van der Waals surface area contributed by atoms with Crippen LogP contribution in [0.15, 0.2) is 56.7 Å². The molecule has 1 N–H and O–H groups in total. The summed E-state index contributed by atoms with van der Waals surface area (Å²) >= 11 is 5.12. The Balaban J connectivity index is 2.37. The molecule has 0 heterocycles. The highest BCUT2D eigenvalue weighted by atomic mass is 79.9. The molecule has 2 rings (SSSR count). The molecule has 0 saturated heterocycles. The summed E-state index contributed by atoms with van der Waals surface area (Å²) in [6.07, 6.45) is 0. The smallest absolute Gasteiger partial charge is 0.129 e. The van der Waals surface area contributed by atoms with Gasteiger partial charge in [-0.2, -0.15) is 0 Å². The van der Waals surface area contributed by atoms with Gasteiger partial charge >= 0.3 is 0 Å². The van der Waals surface area contributed by atoms with Crippen LogP contribution in [0.5, 0.6) is 0 Å². The molecule has 1 unspecified atom stereocenters. The Bertz CT molecular complexity index is 588. The van der Waals surface area contributed by atoms with Crippen LogP contribution in [-0.2, 0) is 0 Å². The van der Waals surface area contributed by atoms with E-state index in [4.69, 9.17) is 0 Å². The van der Waals surface area contributed by atoms with E-state index in [0.29, 0.717) is 0 Å². The largest absolute Gasteiger partial charge is 0.310 e. The molecule has 4 heteroatoms. The molecular weight excluding hydrogens is 337 g/mol. The van der Waals surface area contributed by atoms with Gasteiger partial charge in [0.2, 0.25) is 0 Å². The van der Waals surface area contributed by atoms with Crippen LogP contribution < -0.4 is 5.32 Å². The number of halogens is 2. The van der Waals surface area contributed by atoms with E-state index >= 15 is 0 Å². The van der Waals surface area contributed by atoms with Gasteiger partial charge in [-0.15, -0.1) is 0 Å². The lowest BCUT2D eigenvalue weighted by atomic mass is 10.1.